The van der Waals surface area contributed by atoms with Crippen LogP contribution in [0.15, 0.2) is 24.3 Å². The molecule has 138 valence electrons. The fraction of sp³-hybridized carbons (Fsp3) is 0.476. The standard InChI is InChI=1S/C21H26N2O3/c1-13-17-11-7-8-12-18(17)22-14(2)19(13)21(25)26-15(3)20(24)23-16-9-5-4-6-10-16/h7-8,11-12,15-16H,4-6,9-10H2,1-3H3,(H,23,24)/t15-/m1/s1. The van der Waals surface area contributed by atoms with E-state index in [2.05, 4.69) is 10.3 Å². The number of para-hydroxylation sites is 1. The lowest BCUT2D eigenvalue weighted by Gasteiger charge is -2.24. The molecule has 0 unspecified atom stereocenters. The van der Waals surface area contributed by atoms with Crippen LogP contribution >= 0.6 is 0 Å². The maximum Gasteiger partial charge on any atom is 0.341 e. The number of amides is 1. The Morgan fingerprint density at radius 1 is 1.15 bits per heavy atom. The molecule has 0 spiro atoms. The van der Waals surface area contributed by atoms with Crippen molar-refractivity contribution in [3.63, 3.8) is 0 Å². The number of ether oxygens (including phenoxy) is 1. The van der Waals surface area contributed by atoms with Crippen molar-refractivity contribution >= 4 is 22.8 Å². The van der Waals surface area contributed by atoms with Gasteiger partial charge in [-0.3, -0.25) is 9.78 Å². The number of esters is 1. The molecule has 1 aliphatic rings. The third-order valence-electron chi connectivity index (χ3n) is 5.14. The van der Waals surface area contributed by atoms with Crippen molar-refractivity contribution in [3.05, 3.63) is 41.1 Å². The molecule has 26 heavy (non-hydrogen) atoms. The number of pyridine rings is 1. The first-order chi connectivity index (χ1) is 12.5. The molecule has 1 saturated carbocycles. The normalized spacial score (nSPS) is 16.3. The Morgan fingerprint density at radius 3 is 2.58 bits per heavy atom. The van der Waals surface area contributed by atoms with Gasteiger partial charge in [-0.2, -0.15) is 0 Å². The number of fused-ring (bicyclic) bond motifs is 1. The van der Waals surface area contributed by atoms with Crippen LogP contribution in [0.2, 0.25) is 0 Å². The van der Waals surface area contributed by atoms with Crippen LogP contribution in [0.3, 0.4) is 0 Å². The molecule has 1 N–H and O–H groups in total. The molecule has 5 heteroatoms. The average Bonchev–Trinajstić information content (AvgIpc) is 2.62. The van der Waals surface area contributed by atoms with Crippen LogP contribution in [0.1, 0.15) is 60.6 Å². The van der Waals surface area contributed by atoms with Gasteiger partial charge in [0, 0.05) is 11.4 Å². The lowest BCUT2D eigenvalue weighted by molar-refractivity contribution is -0.130. The Bertz CT molecular complexity index is 825. The number of hydrogen-bond acceptors (Lipinski definition) is 4. The second kappa shape index (κ2) is 7.85. The van der Waals surface area contributed by atoms with Crippen molar-refractivity contribution in [2.45, 2.75) is 65.0 Å². The lowest BCUT2D eigenvalue weighted by atomic mass is 9.95. The minimum absolute atomic E-state index is 0.197. The van der Waals surface area contributed by atoms with Crippen LogP contribution in [0.4, 0.5) is 0 Å². The van der Waals surface area contributed by atoms with Crippen LogP contribution in [0.5, 0.6) is 0 Å². The van der Waals surface area contributed by atoms with Crippen LogP contribution in [-0.4, -0.2) is 29.0 Å². The predicted molar refractivity (Wildman–Crippen MR) is 101 cm³/mol. The van der Waals surface area contributed by atoms with Crippen molar-refractivity contribution in [1.82, 2.24) is 10.3 Å². The average molecular weight is 354 g/mol. The van der Waals surface area contributed by atoms with Crippen molar-refractivity contribution < 1.29 is 14.3 Å². The van der Waals surface area contributed by atoms with E-state index in [0.717, 1.165) is 42.1 Å². The number of benzene rings is 1. The molecule has 1 aliphatic carbocycles. The Labute approximate surface area is 154 Å². The van der Waals surface area contributed by atoms with Gasteiger partial charge in [-0.25, -0.2) is 4.79 Å². The molecule has 3 rings (SSSR count). The quantitative estimate of drug-likeness (QED) is 0.847. The molecular formula is C21H26N2O3. The summed E-state index contributed by atoms with van der Waals surface area (Å²) in [5.74, 6) is -0.723. The molecule has 2 aromatic rings. The molecule has 0 bridgehead atoms. The number of nitrogens with zero attached hydrogens (tertiary/aromatic N) is 1. The molecule has 1 fully saturated rings. The molecule has 1 aromatic carbocycles. The number of aromatic nitrogens is 1. The van der Waals surface area contributed by atoms with E-state index in [-0.39, 0.29) is 11.9 Å². The molecule has 1 amide bonds. The molecular weight excluding hydrogens is 328 g/mol. The number of rotatable bonds is 4. The zero-order chi connectivity index (χ0) is 18.7. The molecule has 1 aromatic heterocycles. The molecule has 0 aliphatic heterocycles. The fourth-order valence-electron chi connectivity index (χ4n) is 3.67. The maximum atomic E-state index is 12.7. The van der Waals surface area contributed by atoms with Gasteiger partial charge in [0.15, 0.2) is 6.10 Å². The van der Waals surface area contributed by atoms with Gasteiger partial charge in [0.05, 0.1) is 16.8 Å². The Hall–Kier alpha value is -2.43. The van der Waals surface area contributed by atoms with E-state index in [0.29, 0.717) is 11.3 Å². The minimum atomic E-state index is -0.824. The van der Waals surface area contributed by atoms with Crippen LogP contribution in [0.25, 0.3) is 10.9 Å². The highest BCUT2D eigenvalue weighted by Crippen LogP contribution is 2.23. The lowest BCUT2D eigenvalue weighted by Crippen LogP contribution is -2.42. The van der Waals surface area contributed by atoms with E-state index < -0.39 is 12.1 Å². The van der Waals surface area contributed by atoms with E-state index in [1.165, 1.54) is 6.42 Å². The van der Waals surface area contributed by atoms with E-state index in [9.17, 15) is 9.59 Å². The summed E-state index contributed by atoms with van der Waals surface area (Å²) in [4.78, 5) is 29.6. The van der Waals surface area contributed by atoms with Gasteiger partial charge >= 0.3 is 5.97 Å². The molecule has 1 heterocycles. The van der Waals surface area contributed by atoms with E-state index in [1.807, 2.05) is 31.2 Å². The SMILES string of the molecule is Cc1nc2ccccc2c(C)c1C(=O)O[C@H](C)C(=O)NC1CCCCC1. The van der Waals surface area contributed by atoms with E-state index in [4.69, 9.17) is 4.74 Å². The second-order valence-corrected chi connectivity index (χ2v) is 7.11. The summed E-state index contributed by atoms with van der Waals surface area (Å²) in [6.07, 6.45) is 4.68. The molecule has 1 atom stereocenters. The number of nitrogens with one attached hydrogen (secondary N) is 1. The second-order valence-electron chi connectivity index (χ2n) is 7.11. The number of hydrogen-bond donors (Lipinski definition) is 1. The topological polar surface area (TPSA) is 68.3 Å². The van der Waals surface area contributed by atoms with E-state index >= 15 is 0 Å². The third kappa shape index (κ3) is 3.87. The molecule has 0 saturated heterocycles. The highest BCUT2D eigenvalue weighted by Gasteiger charge is 2.25. The summed E-state index contributed by atoms with van der Waals surface area (Å²) in [6, 6.07) is 7.90. The number of carbonyl (C=O) groups is 2. The Balaban J connectivity index is 1.73. The largest absolute Gasteiger partial charge is 0.449 e. The zero-order valence-electron chi connectivity index (χ0n) is 15.7. The maximum absolute atomic E-state index is 12.7. The summed E-state index contributed by atoms with van der Waals surface area (Å²) < 4.78 is 5.46. The van der Waals surface area contributed by atoms with Gasteiger partial charge in [0.25, 0.3) is 5.91 Å². The predicted octanol–water partition coefficient (Wildman–Crippen LogP) is 3.85. The molecule has 0 radical (unpaired) electrons. The third-order valence-corrected chi connectivity index (χ3v) is 5.14. The monoisotopic (exact) mass is 354 g/mol. The first kappa shape index (κ1) is 18.4. The summed E-state index contributed by atoms with van der Waals surface area (Å²) in [6.45, 7) is 5.30. The Kier molecular flexibility index (Phi) is 5.55. The van der Waals surface area contributed by atoms with Crippen molar-refractivity contribution in [1.29, 1.82) is 0 Å². The fourth-order valence-corrected chi connectivity index (χ4v) is 3.67. The van der Waals surface area contributed by atoms with Crippen LogP contribution < -0.4 is 5.32 Å². The number of carbonyl (C=O) groups excluding carboxylic acids is 2. The zero-order valence-corrected chi connectivity index (χ0v) is 15.7. The van der Waals surface area contributed by atoms with Crippen LogP contribution in [0, 0.1) is 13.8 Å². The van der Waals surface area contributed by atoms with Crippen molar-refractivity contribution in [2.75, 3.05) is 0 Å². The van der Waals surface area contributed by atoms with Crippen LogP contribution in [-0.2, 0) is 9.53 Å². The van der Waals surface area contributed by atoms with Crippen molar-refractivity contribution in [3.8, 4) is 0 Å². The van der Waals surface area contributed by atoms with Crippen molar-refractivity contribution in [2.24, 2.45) is 0 Å². The highest BCUT2D eigenvalue weighted by molar-refractivity contribution is 5.99. The summed E-state index contributed by atoms with van der Waals surface area (Å²) >= 11 is 0. The van der Waals surface area contributed by atoms with E-state index in [1.54, 1.807) is 13.8 Å². The smallest absolute Gasteiger partial charge is 0.341 e. The van der Waals surface area contributed by atoms with Gasteiger partial charge in [-0.15, -0.1) is 0 Å². The first-order valence-electron chi connectivity index (χ1n) is 9.34. The first-order valence-corrected chi connectivity index (χ1v) is 9.34. The minimum Gasteiger partial charge on any atom is -0.449 e. The van der Waals surface area contributed by atoms with Gasteiger partial charge in [-0.05, 0) is 45.2 Å². The van der Waals surface area contributed by atoms with Gasteiger partial charge in [-0.1, -0.05) is 37.5 Å². The summed E-state index contributed by atoms with van der Waals surface area (Å²) in [7, 11) is 0. The summed E-state index contributed by atoms with van der Waals surface area (Å²) in [5.41, 5.74) is 2.74. The van der Waals surface area contributed by atoms with Gasteiger partial charge in [0.2, 0.25) is 0 Å². The van der Waals surface area contributed by atoms with Gasteiger partial charge < -0.3 is 10.1 Å². The number of aryl methyl sites for hydroxylation is 2. The summed E-state index contributed by atoms with van der Waals surface area (Å²) in [5, 5.41) is 3.92. The Morgan fingerprint density at radius 2 is 1.85 bits per heavy atom. The van der Waals surface area contributed by atoms with Gasteiger partial charge in [0.1, 0.15) is 0 Å². The molecule has 5 nitrogen and oxygen atoms in total. The highest BCUT2D eigenvalue weighted by atomic mass is 16.5.